The molecular weight excluding hydrogens is 173 g/mol. The molecule has 2 rings (SSSR count). The Hall–Kier alpha value is -1.85. The molecule has 0 aromatic carbocycles. The molecule has 0 spiro atoms. The molecule has 0 fully saturated rings. The third kappa shape index (κ3) is 1.07. The van der Waals surface area contributed by atoms with Crippen molar-refractivity contribution in [2.75, 3.05) is 5.73 Å². The molecule has 0 radical (unpaired) electrons. The number of nitrogens with one attached hydrogen (secondary N) is 2. The predicted octanol–water partition coefficient (Wildman–Crippen LogP) is 0.830. The molecule has 4 N–H and O–H groups in total. The monoisotopic (exact) mass is 181 g/mol. The van der Waals surface area contributed by atoms with Crippen molar-refractivity contribution in [2.24, 2.45) is 0 Å². The molecule has 13 heavy (non-hydrogen) atoms. The fourth-order valence-electron chi connectivity index (χ4n) is 1.11. The molecule has 0 aliphatic heterocycles. The smallest absolute Gasteiger partial charge is 0.194 e. The van der Waals surface area contributed by atoms with Crippen LogP contribution >= 0.6 is 0 Å². The van der Waals surface area contributed by atoms with Crippen LogP contribution in [0, 0.1) is 12.7 Å². The second-order valence-corrected chi connectivity index (χ2v) is 2.73. The summed E-state index contributed by atoms with van der Waals surface area (Å²) in [6.07, 6.45) is 1.60. The van der Waals surface area contributed by atoms with Gasteiger partial charge in [0, 0.05) is 0 Å². The summed E-state index contributed by atoms with van der Waals surface area (Å²) in [5.74, 6) is -0.684. The van der Waals surface area contributed by atoms with Crippen LogP contribution in [0.3, 0.4) is 0 Å². The minimum absolute atomic E-state index is 0.135. The Bertz CT molecular complexity index is 430. The zero-order valence-corrected chi connectivity index (χ0v) is 6.93. The number of halogens is 1. The van der Waals surface area contributed by atoms with Gasteiger partial charge in [-0.1, -0.05) is 0 Å². The van der Waals surface area contributed by atoms with E-state index >= 15 is 0 Å². The number of nitrogens with two attached hydrogens (primary N) is 1. The standard InChI is InChI=1S/C7H8FN5/c1-3-2-10-11-5(3)6-4(8)7(9)13-12-6/h2H,1H3,(H,10,11)(H3,9,12,13). The topological polar surface area (TPSA) is 83.4 Å². The molecule has 0 amide bonds. The highest BCUT2D eigenvalue weighted by atomic mass is 19.1. The van der Waals surface area contributed by atoms with Gasteiger partial charge in [-0.25, -0.2) is 4.39 Å². The van der Waals surface area contributed by atoms with E-state index in [1.54, 1.807) is 6.20 Å². The van der Waals surface area contributed by atoms with Crippen LogP contribution in [-0.4, -0.2) is 20.4 Å². The van der Waals surface area contributed by atoms with Gasteiger partial charge in [0.25, 0.3) is 0 Å². The number of aromatic nitrogens is 4. The number of H-pyrrole nitrogens is 2. The van der Waals surface area contributed by atoms with Crippen LogP contribution in [0.5, 0.6) is 0 Å². The van der Waals surface area contributed by atoms with E-state index in [-0.39, 0.29) is 11.5 Å². The van der Waals surface area contributed by atoms with E-state index in [1.165, 1.54) is 0 Å². The van der Waals surface area contributed by atoms with Crippen LogP contribution in [0.2, 0.25) is 0 Å². The number of nitrogen functional groups attached to an aromatic ring is 1. The second kappa shape index (κ2) is 2.58. The largest absolute Gasteiger partial charge is 0.380 e. The Morgan fingerprint density at radius 3 is 2.62 bits per heavy atom. The zero-order valence-electron chi connectivity index (χ0n) is 6.93. The summed E-state index contributed by atoms with van der Waals surface area (Å²) >= 11 is 0. The molecule has 2 aromatic heterocycles. The van der Waals surface area contributed by atoms with Crippen molar-refractivity contribution in [3.05, 3.63) is 17.6 Å². The first kappa shape index (κ1) is 7.78. The highest BCUT2D eigenvalue weighted by Gasteiger charge is 2.14. The minimum atomic E-state index is -0.549. The number of hydrogen-bond acceptors (Lipinski definition) is 3. The number of hydrogen-bond donors (Lipinski definition) is 3. The third-order valence-electron chi connectivity index (χ3n) is 1.81. The number of aromatic amines is 2. The molecule has 2 aromatic rings. The van der Waals surface area contributed by atoms with E-state index in [1.807, 2.05) is 6.92 Å². The van der Waals surface area contributed by atoms with Crippen molar-refractivity contribution in [3.63, 3.8) is 0 Å². The van der Waals surface area contributed by atoms with Gasteiger partial charge in [0.2, 0.25) is 0 Å². The minimum Gasteiger partial charge on any atom is -0.380 e. The van der Waals surface area contributed by atoms with Crippen LogP contribution in [0.15, 0.2) is 6.20 Å². The summed E-state index contributed by atoms with van der Waals surface area (Å²) in [6.45, 7) is 1.81. The number of aryl methyl sites for hydroxylation is 1. The van der Waals surface area contributed by atoms with Crippen molar-refractivity contribution in [2.45, 2.75) is 6.92 Å². The molecule has 0 aliphatic carbocycles. The average molecular weight is 181 g/mol. The lowest BCUT2D eigenvalue weighted by Crippen LogP contribution is -1.88. The van der Waals surface area contributed by atoms with Gasteiger partial charge in [0.15, 0.2) is 11.6 Å². The van der Waals surface area contributed by atoms with Gasteiger partial charge >= 0.3 is 0 Å². The van der Waals surface area contributed by atoms with Gasteiger partial charge in [0.1, 0.15) is 5.69 Å². The first-order valence-electron chi connectivity index (χ1n) is 3.70. The van der Waals surface area contributed by atoms with Gasteiger partial charge in [-0.15, -0.1) is 0 Å². The average Bonchev–Trinajstić information content (AvgIpc) is 2.62. The third-order valence-corrected chi connectivity index (χ3v) is 1.81. The lowest BCUT2D eigenvalue weighted by molar-refractivity contribution is 0.636. The molecule has 68 valence electrons. The normalized spacial score (nSPS) is 10.6. The SMILES string of the molecule is Cc1cn[nH]c1-c1[nH]nc(N)c1F. The van der Waals surface area contributed by atoms with Gasteiger partial charge in [-0.05, 0) is 12.5 Å². The fraction of sp³-hybridized carbons (Fsp3) is 0.143. The molecule has 0 saturated carbocycles. The maximum atomic E-state index is 13.2. The molecule has 5 nitrogen and oxygen atoms in total. The Kier molecular flexibility index (Phi) is 1.54. The maximum Gasteiger partial charge on any atom is 0.194 e. The lowest BCUT2D eigenvalue weighted by Gasteiger charge is -1.93. The summed E-state index contributed by atoms with van der Waals surface area (Å²) in [5, 5.41) is 12.5. The summed E-state index contributed by atoms with van der Waals surface area (Å²) in [7, 11) is 0. The van der Waals surface area contributed by atoms with Crippen molar-refractivity contribution >= 4 is 5.82 Å². The highest BCUT2D eigenvalue weighted by Crippen LogP contribution is 2.23. The second-order valence-electron chi connectivity index (χ2n) is 2.73. The Balaban J connectivity index is 2.59. The molecule has 0 atom stereocenters. The summed E-state index contributed by atoms with van der Waals surface area (Å²) in [5.41, 5.74) is 6.89. The molecular formula is C7H8FN5. The van der Waals surface area contributed by atoms with Crippen LogP contribution in [-0.2, 0) is 0 Å². The number of nitrogens with zero attached hydrogens (tertiary/aromatic N) is 2. The zero-order chi connectivity index (χ0) is 9.42. The summed E-state index contributed by atoms with van der Waals surface area (Å²) in [4.78, 5) is 0. The van der Waals surface area contributed by atoms with E-state index in [0.29, 0.717) is 5.69 Å². The summed E-state index contributed by atoms with van der Waals surface area (Å²) < 4.78 is 13.2. The van der Waals surface area contributed by atoms with E-state index < -0.39 is 5.82 Å². The highest BCUT2D eigenvalue weighted by molar-refractivity contribution is 5.61. The van der Waals surface area contributed by atoms with E-state index in [4.69, 9.17) is 5.73 Å². The molecule has 0 unspecified atom stereocenters. The first-order valence-corrected chi connectivity index (χ1v) is 3.70. The Morgan fingerprint density at radius 2 is 2.15 bits per heavy atom. The Morgan fingerprint density at radius 1 is 1.38 bits per heavy atom. The molecule has 0 saturated heterocycles. The van der Waals surface area contributed by atoms with Crippen LogP contribution < -0.4 is 5.73 Å². The van der Waals surface area contributed by atoms with Gasteiger partial charge in [0.05, 0.1) is 11.9 Å². The van der Waals surface area contributed by atoms with Crippen molar-refractivity contribution < 1.29 is 4.39 Å². The van der Waals surface area contributed by atoms with Crippen LogP contribution in [0.4, 0.5) is 10.2 Å². The molecule has 2 heterocycles. The first-order chi connectivity index (χ1) is 6.20. The van der Waals surface area contributed by atoms with Gasteiger partial charge < -0.3 is 5.73 Å². The molecule has 6 heteroatoms. The van der Waals surface area contributed by atoms with Gasteiger partial charge in [-0.2, -0.15) is 10.2 Å². The number of rotatable bonds is 1. The number of anilines is 1. The maximum absolute atomic E-state index is 13.2. The summed E-state index contributed by atoms with van der Waals surface area (Å²) in [6, 6.07) is 0. The molecule has 0 aliphatic rings. The fourth-order valence-corrected chi connectivity index (χ4v) is 1.11. The van der Waals surface area contributed by atoms with Crippen LogP contribution in [0.25, 0.3) is 11.4 Å². The van der Waals surface area contributed by atoms with Crippen molar-refractivity contribution in [1.82, 2.24) is 20.4 Å². The predicted molar refractivity (Wildman–Crippen MR) is 45.3 cm³/mol. The van der Waals surface area contributed by atoms with Crippen molar-refractivity contribution in [3.8, 4) is 11.4 Å². The lowest BCUT2D eigenvalue weighted by atomic mass is 10.2. The quantitative estimate of drug-likeness (QED) is 0.609. The van der Waals surface area contributed by atoms with E-state index in [9.17, 15) is 4.39 Å². The van der Waals surface area contributed by atoms with Crippen molar-refractivity contribution in [1.29, 1.82) is 0 Å². The molecule has 0 bridgehead atoms. The van der Waals surface area contributed by atoms with Crippen LogP contribution in [0.1, 0.15) is 5.56 Å². The van der Waals surface area contributed by atoms with E-state index in [2.05, 4.69) is 20.4 Å². The van der Waals surface area contributed by atoms with E-state index in [0.717, 1.165) is 5.56 Å². The Labute approximate surface area is 73.2 Å². The van der Waals surface area contributed by atoms with Gasteiger partial charge in [-0.3, -0.25) is 10.2 Å².